The number of aliphatic hydroxyl groups is 5. The Kier molecular flexibility index (Phi) is 59.8. The van der Waals surface area contributed by atoms with Crippen LogP contribution in [0, 0.1) is 5.92 Å². The summed E-state index contributed by atoms with van der Waals surface area (Å²) < 4.78 is 16.5. The highest BCUT2D eigenvalue weighted by Crippen LogP contribution is 2.26. The Hall–Kier alpha value is -11.1. The van der Waals surface area contributed by atoms with Crippen LogP contribution in [0.25, 0.3) is 11.1 Å². The molecule has 3 aromatic rings. The summed E-state index contributed by atoms with van der Waals surface area (Å²) >= 11 is 0. The third-order valence-corrected chi connectivity index (χ3v) is 23.6. The predicted molar refractivity (Wildman–Crippen MR) is 527 cm³/mol. The minimum absolute atomic E-state index is 0.0284. The van der Waals surface area contributed by atoms with E-state index in [-0.39, 0.29) is 146 Å². The summed E-state index contributed by atoms with van der Waals surface area (Å²) in [5, 5.41) is 87.8. The Morgan fingerprint density at radius 1 is 0.482 bits per heavy atom. The highest BCUT2D eigenvalue weighted by atomic mass is 16.7. The maximum Gasteiger partial charge on any atom is 0.251 e. The van der Waals surface area contributed by atoms with Gasteiger partial charge in [-0.3, -0.25) is 76.7 Å². The number of aliphatic hydroxyl groups excluding tert-OH is 5. The average molecular weight is 1990 g/mol. The number of hydrogen-bond acceptors (Lipinski definition) is 28. The third kappa shape index (κ3) is 47.6. The molecule has 14 amide bonds. The van der Waals surface area contributed by atoms with Crippen molar-refractivity contribution in [3.05, 3.63) is 90.0 Å². The van der Waals surface area contributed by atoms with Gasteiger partial charge in [-0.2, -0.15) is 0 Å². The van der Waals surface area contributed by atoms with Crippen LogP contribution >= 0.6 is 0 Å². The molecular formula is C99H160N18O24. The fraction of sp³-hybridized carbons (Fsp3) is 0.657. The molecule has 0 saturated carbocycles. The van der Waals surface area contributed by atoms with Crippen LogP contribution in [0.3, 0.4) is 0 Å². The van der Waals surface area contributed by atoms with Crippen molar-refractivity contribution in [3.63, 3.8) is 0 Å². The van der Waals surface area contributed by atoms with E-state index in [1.807, 2.05) is 30.3 Å². The molecule has 42 nitrogen and oxygen atoms in total. The number of unbranched alkanes of at least 4 members (excludes halogenated alkanes) is 10. The fourth-order valence-corrected chi connectivity index (χ4v) is 15.3. The maximum absolute atomic E-state index is 14.6. The van der Waals surface area contributed by atoms with Gasteiger partial charge in [0.05, 0.1) is 24.9 Å². The van der Waals surface area contributed by atoms with Crippen LogP contribution in [0.4, 0.5) is 0 Å². The Balaban J connectivity index is 0.000000673. The van der Waals surface area contributed by atoms with Gasteiger partial charge in [0.15, 0.2) is 12.1 Å². The van der Waals surface area contributed by atoms with Crippen molar-refractivity contribution in [1.82, 2.24) is 74.4 Å². The van der Waals surface area contributed by atoms with Crippen LogP contribution < -0.4 is 102 Å². The molecule has 141 heavy (non-hydrogen) atoms. The highest BCUT2D eigenvalue weighted by molar-refractivity contribution is 6.00. The lowest BCUT2D eigenvalue weighted by Crippen LogP contribution is -2.62. The van der Waals surface area contributed by atoms with Gasteiger partial charge in [-0.15, -0.1) is 0 Å². The second kappa shape index (κ2) is 69.0. The minimum Gasteiger partial charge on any atom is -0.486 e. The van der Waals surface area contributed by atoms with Crippen molar-refractivity contribution >= 4 is 94.3 Å². The van der Waals surface area contributed by atoms with Crippen LogP contribution in [0.15, 0.2) is 78.9 Å². The first kappa shape index (κ1) is 122. The molecule has 5 rings (SSSR count). The number of carbonyl (C=O) groups excluding carboxylic acids is 16. The molecule has 2 unspecified atom stereocenters. The first-order valence-corrected chi connectivity index (χ1v) is 49.9. The van der Waals surface area contributed by atoms with E-state index in [0.29, 0.717) is 67.9 Å². The number of Topliss-reactive ketones (excluding diaryl/α,β-unsaturated/α-hetero) is 2. The van der Waals surface area contributed by atoms with E-state index in [1.54, 1.807) is 76.2 Å². The largest absolute Gasteiger partial charge is 0.486 e. The van der Waals surface area contributed by atoms with Gasteiger partial charge in [-0.05, 0) is 177 Å². The molecule has 3 aromatic carbocycles. The van der Waals surface area contributed by atoms with E-state index < -0.39 is 181 Å². The average Bonchev–Trinajstić information content (AvgIpc) is 0.959. The monoisotopic (exact) mass is 1990 g/mol. The van der Waals surface area contributed by atoms with E-state index in [9.17, 15) is 102 Å². The highest BCUT2D eigenvalue weighted by Gasteiger charge is 2.43. The zero-order valence-electron chi connectivity index (χ0n) is 83.3. The van der Waals surface area contributed by atoms with E-state index in [0.717, 1.165) is 75.3 Å². The zero-order valence-corrected chi connectivity index (χ0v) is 83.3. The summed E-state index contributed by atoms with van der Waals surface area (Å²) in [6.45, 7) is 13.1. The van der Waals surface area contributed by atoms with Crippen LogP contribution in [-0.4, -0.2) is 289 Å². The summed E-state index contributed by atoms with van der Waals surface area (Å²) in [5.74, 6) is -9.99. The molecule has 2 saturated heterocycles. The van der Waals surface area contributed by atoms with Crippen molar-refractivity contribution in [3.8, 4) is 16.9 Å². The molecule has 790 valence electrons. The molecule has 2 aliphatic heterocycles. The van der Waals surface area contributed by atoms with Crippen LogP contribution in [0.5, 0.6) is 5.75 Å². The molecule has 27 N–H and O–H groups in total. The van der Waals surface area contributed by atoms with E-state index >= 15 is 0 Å². The number of nitrogens with two attached hydrogens (primary N) is 4. The van der Waals surface area contributed by atoms with Crippen LogP contribution in [-0.2, 0) is 87.8 Å². The minimum atomic E-state index is -1.75. The van der Waals surface area contributed by atoms with Crippen LogP contribution in [0.1, 0.15) is 251 Å². The molecule has 17 atom stereocenters. The number of nitrogens with one attached hydrogen (secondary N) is 14. The number of carbonyl (C=O) groups is 16. The van der Waals surface area contributed by atoms with Crippen molar-refractivity contribution < 1.29 is 116 Å². The number of amides is 14. The summed E-state index contributed by atoms with van der Waals surface area (Å²) in [7, 11) is 0. The lowest BCUT2D eigenvalue weighted by molar-refractivity contribution is -0.293. The molecule has 2 heterocycles. The van der Waals surface area contributed by atoms with E-state index in [2.05, 4.69) is 88.3 Å². The number of ether oxygens (including phenoxy) is 3. The van der Waals surface area contributed by atoms with Crippen molar-refractivity contribution in [2.24, 2.45) is 28.9 Å². The van der Waals surface area contributed by atoms with Gasteiger partial charge in [-0.25, -0.2) is 0 Å². The quantitative estimate of drug-likeness (QED) is 0.0334. The van der Waals surface area contributed by atoms with E-state index in [1.165, 1.54) is 26.7 Å². The van der Waals surface area contributed by atoms with E-state index in [4.69, 9.17) is 37.1 Å². The molecule has 2 aliphatic rings. The molecule has 0 aromatic heterocycles. The Labute approximate surface area is 827 Å². The Morgan fingerprint density at radius 3 is 1.62 bits per heavy atom. The molecule has 0 bridgehead atoms. The zero-order chi connectivity index (χ0) is 104. The van der Waals surface area contributed by atoms with Gasteiger partial charge in [0.25, 0.3) is 5.91 Å². The predicted octanol–water partition coefficient (Wildman–Crippen LogP) is 0.119. The first-order valence-electron chi connectivity index (χ1n) is 49.9. The molecular weight excluding hydrogens is 1830 g/mol. The second-order valence-electron chi connectivity index (χ2n) is 36.2. The third-order valence-electron chi connectivity index (χ3n) is 23.6. The van der Waals surface area contributed by atoms with Gasteiger partial charge in [0, 0.05) is 76.7 Å². The smallest absolute Gasteiger partial charge is 0.251 e. The lowest BCUT2D eigenvalue weighted by Gasteiger charge is -2.38. The number of ketones is 2. The number of rotatable bonds is 57. The van der Waals surface area contributed by atoms with Gasteiger partial charge in [-0.1, -0.05) is 147 Å². The summed E-state index contributed by atoms with van der Waals surface area (Å²) in [6, 6.07) is 8.21. The standard InChI is InChI=1S/C59H102N16O14.C40H58N2O10/c1-7-9-10-11-12-16-19-47(79)66-42(24-30-64-46(78)8-2)55(85)75-49(36(6)77)59(89)71-40(22-28-62)51(81)70-43-25-31-65-58(88)48(35(5)76)74-54(84)41(23-29-63)68-50(80)38(20-26-60)69-56(86)44(32-34(3)4)72-57(87)45(33-37-17-14-13-15-18-37)73-52(82)39(21-27-61)67-53(43)83;1-3-4-5-7-15-32(43)16-8-6-9-23-42-39(49)31-14-10-13-30(26-31)29-19-21-34(22-20-29)51-27-33(44)17-11-24-41-35(45)18-12-25-50-40-38(48)37(47)36(46)28(2)52-40/h13-15,17-18,34-36,38-45,48-49,76-77H,7-12,16,19-33,60-63H2,1-6H3,(H,64,78)(H,65,88)(H,66,79)(H,67,83)(H,68,80)(H,69,86)(H,70,81)(H,71,89)(H,72,87)(H,73,82)(H,74,84)(H,75,85);10,13-14,19-22,26,28,36-38,40,46-48H,3-9,11-12,15-18,23-25,27H2,1-2H3,(H,41,45)(H,42,49)/t35-,36-,38+,39+,40+,41+,42+,43+,44+,45-,48+,49+;28-,36-,37?,38-,40?/m10/s1. The molecule has 0 radical (unpaired) electrons. The van der Waals surface area contributed by atoms with Gasteiger partial charge in [0.1, 0.15) is 96.9 Å². The number of benzene rings is 3. The van der Waals surface area contributed by atoms with Gasteiger partial charge in [0.2, 0.25) is 76.8 Å². The van der Waals surface area contributed by atoms with Gasteiger partial charge >= 0.3 is 0 Å². The Morgan fingerprint density at radius 2 is 1.02 bits per heavy atom. The van der Waals surface area contributed by atoms with Gasteiger partial charge < -0.3 is 137 Å². The fourth-order valence-electron chi connectivity index (χ4n) is 15.3. The first-order chi connectivity index (χ1) is 67.4. The number of hydrogen-bond donors (Lipinski definition) is 23. The summed E-state index contributed by atoms with van der Waals surface area (Å²) in [4.78, 5) is 216. The van der Waals surface area contributed by atoms with Crippen molar-refractivity contribution in [2.75, 3.05) is 65.6 Å². The summed E-state index contributed by atoms with van der Waals surface area (Å²) in [6.07, 6.45) is 4.83. The van der Waals surface area contributed by atoms with Crippen LogP contribution in [0.2, 0.25) is 0 Å². The summed E-state index contributed by atoms with van der Waals surface area (Å²) in [5.41, 5.74) is 26.6. The topological polar surface area (TPSA) is 674 Å². The SMILES string of the molecule is CCCCCCC(=O)CCCCCNC(=O)c1cccc(-c2ccc(OCC(=O)CCCNC(=O)CCCOC3O[C@@H](C)[C@H](O)C(O)[C@@H]3O)cc2)c1.CCCCCCCCC(=O)N[C@@H](CCNC(=O)CC)C(=O)N[C@H](C(=O)N[C@@H](CCN)C(=O)N[C@H]1CCNC(=O)[C@H]([C@@H](C)O)NC(=O)[C@H](CCN)NC(=O)[C@H](CCN)NC(=O)[C@H](CC(C)C)NC(=O)[C@@H](Cc2ccccc2)NC(=O)[C@H](CCN)NC1=O)[C@@H](C)O. The second-order valence-corrected chi connectivity index (χ2v) is 36.2. The normalized spacial score (nSPS) is 21.2. The van der Waals surface area contributed by atoms with Crippen molar-refractivity contribution in [2.45, 2.75) is 345 Å². The molecule has 0 aliphatic carbocycles. The Bertz CT molecular complexity index is 4350. The molecule has 42 heteroatoms. The lowest BCUT2D eigenvalue weighted by atomic mass is 10.00. The maximum atomic E-state index is 14.6. The molecule has 0 spiro atoms. The molecule has 2 fully saturated rings. The van der Waals surface area contributed by atoms with Crippen molar-refractivity contribution in [1.29, 1.82) is 0 Å².